The van der Waals surface area contributed by atoms with Crippen molar-refractivity contribution in [3.8, 4) is 0 Å². The maximum absolute atomic E-state index is 11.9. The Balaban J connectivity index is 2.07. The summed E-state index contributed by atoms with van der Waals surface area (Å²) in [5.41, 5.74) is 1.87. The maximum Gasteiger partial charge on any atom is 0.250 e. The summed E-state index contributed by atoms with van der Waals surface area (Å²) in [5.74, 6) is 0.422. The van der Waals surface area contributed by atoms with Crippen LogP contribution in [0.25, 0.3) is 0 Å². The number of sulfonamides is 1. The van der Waals surface area contributed by atoms with Gasteiger partial charge in [-0.25, -0.2) is 13.1 Å². The molecule has 6 heteroatoms. The third kappa shape index (κ3) is 3.32. The minimum absolute atomic E-state index is 0.269. The Bertz CT molecular complexity index is 609. The van der Waals surface area contributed by atoms with Crippen LogP contribution in [0.1, 0.15) is 11.1 Å². The molecule has 0 aliphatic carbocycles. The Labute approximate surface area is 115 Å². The molecule has 0 amide bonds. The molecule has 0 saturated carbocycles. The standard InChI is InChI=1S/C12H12ClNO2S2/c13-8-10-3-1-4-11(7-10)9-14-18(15,16)12-5-2-6-17-12/h1-7,14H,8-9H2. The van der Waals surface area contributed by atoms with Gasteiger partial charge in [0.15, 0.2) is 0 Å². The second kappa shape index (κ2) is 5.84. The smallest absolute Gasteiger partial charge is 0.206 e. The van der Waals surface area contributed by atoms with Crippen molar-refractivity contribution in [3.05, 3.63) is 52.9 Å². The summed E-state index contributed by atoms with van der Waals surface area (Å²) in [6, 6.07) is 10.8. The lowest BCUT2D eigenvalue weighted by molar-refractivity contribution is 0.583. The minimum Gasteiger partial charge on any atom is -0.206 e. The van der Waals surface area contributed by atoms with Crippen LogP contribution >= 0.6 is 22.9 Å². The molecule has 0 bridgehead atoms. The summed E-state index contributed by atoms with van der Waals surface area (Å²) < 4.78 is 26.7. The van der Waals surface area contributed by atoms with Crippen molar-refractivity contribution in [2.75, 3.05) is 0 Å². The molecule has 2 rings (SSSR count). The fourth-order valence-electron chi connectivity index (χ4n) is 1.49. The van der Waals surface area contributed by atoms with E-state index < -0.39 is 10.0 Å². The van der Waals surface area contributed by atoms with E-state index in [1.165, 1.54) is 11.3 Å². The number of rotatable bonds is 5. The van der Waals surface area contributed by atoms with Crippen LogP contribution in [0.2, 0.25) is 0 Å². The summed E-state index contributed by atoms with van der Waals surface area (Å²) in [4.78, 5) is 0. The Morgan fingerprint density at radius 2 is 1.94 bits per heavy atom. The number of halogens is 1. The average molecular weight is 302 g/mol. The molecule has 0 unspecified atom stereocenters. The van der Waals surface area contributed by atoms with Gasteiger partial charge in [-0.3, -0.25) is 0 Å². The van der Waals surface area contributed by atoms with Gasteiger partial charge >= 0.3 is 0 Å². The average Bonchev–Trinajstić information content (AvgIpc) is 2.91. The summed E-state index contributed by atoms with van der Waals surface area (Å²) in [6.07, 6.45) is 0. The fraction of sp³-hybridized carbons (Fsp3) is 0.167. The van der Waals surface area contributed by atoms with Gasteiger partial charge in [0.25, 0.3) is 0 Å². The number of nitrogens with one attached hydrogen (secondary N) is 1. The topological polar surface area (TPSA) is 46.2 Å². The number of benzene rings is 1. The first-order valence-electron chi connectivity index (χ1n) is 5.29. The van der Waals surface area contributed by atoms with Crippen molar-refractivity contribution in [1.29, 1.82) is 0 Å². The van der Waals surface area contributed by atoms with Crippen LogP contribution < -0.4 is 4.72 Å². The molecule has 96 valence electrons. The third-order valence-corrected chi connectivity index (χ3v) is 5.48. The van der Waals surface area contributed by atoms with E-state index in [1.807, 2.05) is 24.3 Å². The maximum atomic E-state index is 11.9. The van der Waals surface area contributed by atoms with Crippen molar-refractivity contribution in [3.63, 3.8) is 0 Å². The van der Waals surface area contributed by atoms with Gasteiger partial charge in [-0.15, -0.1) is 22.9 Å². The molecule has 2 aromatic rings. The Morgan fingerprint density at radius 1 is 1.17 bits per heavy atom. The first-order chi connectivity index (χ1) is 8.62. The van der Waals surface area contributed by atoms with Crippen molar-refractivity contribution < 1.29 is 8.42 Å². The van der Waals surface area contributed by atoms with Crippen molar-refractivity contribution in [1.82, 2.24) is 4.72 Å². The molecular formula is C12H12ClNO2S2. The van der Waals surface area contributed by atoms with Gasteiger partial charge in [0.2, 0.25) is 10.0 Å². The molecule has 1 aromatic carbocycles. The van der Waals surface area contributed by atoms with Crippen LogP contribution in [-0.4, -0.2) is 8.42 Å². The molecule has 1 heterocycles. The Hall–Kier alpha value is -0.880. The number of hydrogen-bond acceptors (Lipinski definition) is 3. The highest BCUT2D eigenvalue weighted by Crippen LogP contribution is 2.16. The monoisotopic (exact) mass is 301 g/mol. The zero-order chi connectivity index (χ0) is 13.0. The summed E-state index contributed by atoms with van der Waals surface area (Å²) in [6.45, 7) is 0.269. The fourth-order valence-corrected chi connectivity index (χ4v) is 3.71. The van der Waals surface area contributed by atoms with E-state index >= 15 is 0 Å². The van der Waals surface area contributed by atoms with E-state index in [-0.39, 0.29) is 6.54 Å². The van der Waals surface area contributed by atoms with E-state index in [2.05, 4.69) is 4.72 Å². The summed E-state index contributed by atoms with van der Waals surface area (Å²) in [7, 11) is -3.40. The highest BCUT2D eigenvalue weighted by molar-refractivity contribution is 7.91. The Morgan fingerprint density at radius 3 is 2.61 bits per heavy atom. The van der Waals surface area contributed by atoms with Crippen LogP contribution in [0.3, 0.4) is 0 Å². The van der Waals surface area contributed by atoms with E-state index in [9.17, 15) is 8.42 Å². The van der Waals surface area contributed by atoms with Gasteiger partial charge in [0.05, 0.1) is 0 Å². The largest absolute Gasteiger partial charge is 0.250 e. The lowest BCUT2D eigenvalue weighted by Crippen LogP contribution is -2.22. The van der Waals surface area contributed by atoms with E-state index in [0.29, 0.717) is 10.1 Å². The number of alkyl halides is 1. The minimum atomic E-state index is -3.40. The van der Waals surface area contributed by atoms with Gasteiger partial charge in [-0.2, -0.15) is 0 Å². The van der Waals surface area contributed by atoms with Crippen LogP contribution in [0.15, 0.2) is 46.0 Å². The van der Waals surface area contributed by atoms with Gasteiger partial charge in [0, 0.05) is 12.4 Å². The van der Waals surface area contributed by atoms with Crippen molar-refractivity contribution in [2.45, 2.75) is 16.6 Å². The van der Waals surface area contributed by atoms with E-state index in [0.717, 1.165) is 11.1 Å². The van der Waals surface area contributed by atoms with Gasteiger partial charge in [-0.1, -0.05) is 30.3 Å². The molecule has 0 fully saturated rings. The molecule has 1 aromatic heterocycles. The molecule has 18 heavy (non-hydrogen) atoms. The molecule has 0 spiro atoms. The summed E-state index contributed by atoms with van der Waals surface area (Å²) >= 11 is 6.93. The normalized spacial score (nSPS) is 11.6. The van der Waals surface area contributed by atoms with Crippen LogP contribution in [0, 0.1) is 0 Å². The van der Waals surface area contributed by atoms with Crippen LogP contribution in [0.4, 0.5) is 0 Å². The predicted molar refractivity (Wildman–Crippen MR) is 74.3 cm³/mol. The zero-order valence-corrected chi connectivity index (χ0v) is 11.9. The molecule has 0 saturated heterocycles. The predicted octanol–water partition coefficient (Wildman–Crippen LogP) is 2.97. The SMILES string of the molecule is O=S(=O)(NCc1cccc(CCl)c1)c1cccs1. The molecular weight excluding hydrogens is 290 g/mol. The molecule has 0 radical (unpaired) electrons. The van der Waals surface area contributed by atoms with Crippen LogP contribution in [0.5, 0.6) is 0 Å². The Kier molecular flexibility index (Phi) is 4.40. The number of thiophene rings is 1. The zero-order valence-electron chi connectivity index (χ0n) is 9.47. The molecule has 0 atom stereocenters. The first kappa shape index (κ1) is 13.5. The second-order valence-electron chi connectivity index (χ2n) is 3.71. The molecule has 0 aliphatic heterocycles. The highest BCUT2D eigenvalue weighted by atomic mass is 35.5. The van der Waals surface area contributed by atoms with E-state index in [4.69, 9.17) is 11.6 Å². The van der Waals surface area contributed by atoms with Gasteiger partial charge < -0.3 is 0 Å². The van der Waals surface area contributed by atoms with Crippen LogP contribution in [-0.2, 0) is 22.4 Å². The molecule has 3 nitrogen and oxygen atoms in total. The summed E-state index contributed by atoms with van der Waals surface area (Å²) in [5, 5.41) is 1.74. The molecule has 1 N–H and O–H groups in total. The molecule has 0 aliphatic rings. The quantitative estimate of drug-likeness (QED) is 0.863. The van der Waals surface area contributed by atoms with Gasteiger partial charge in [-0.05, 0) is 22.6 Å². The van der Waals surface area contributed by atoms with Crippen molar-refractivity contribution >= 4 is 33.0 Å². The lowest BCUT2D eigenvalue weighted by Gasteiger charge is -2.06. The lowest BCUT2D eigenvalue weighted by atomic mass is 10.1. The van der Waals surface area contributed by atoms with Crippen molar-refractivity contribution in [2.24, 2.45) is 0 Å². The van der Waals surface area contributed by atoms with E-state index in [1.54, 1.807) is 17.5 Å². The number of hydrogen-bond donors (Lipinski definition) is 1. The van der Waals surface area contributed by atoms with Gasteiger partial charge in [0.1, 0.15) is 4.21 Å². The third-order valence-electron chi connectivity index (χ3n) is 2.37. The first-order valence-corrected chi connectivity index (χ1v) is 8.18. The highest BCUT2D eigenvalue weighted by Gasteiger charge is 2.14. The second-order valence-corrected chi connectivity index (χ2v) is 6.92.